The molecule has 1 aromatic heterocycles. The fraction of sp³-hybridized carbons (Fsp3) is 0.167. The normalized spacial score (nSPS) is 14.1. The van der Waals surface area contributed by atoms with E-state index in [1.54, 1.807) is 30.3 Å². The molecule has 0 aliphatic heterocycles. The number of ether oxygens (including phenoxy) is 1. The summed E-state index contributed by atoms with van der Waals surface area (Å²) in [6.07, 6.45) is 1.01. The number of hydrogen-bond donors (Lipinski definition) is 2. The molecule has 0 amide bonds. The molecule has 2 aromatic carbocycles. The quantitative estimate of drug-likeness (QED) is 0.438. The van der Waals surface area contributed by atoms with E-state index in [0.717, 1.165) is 12.1 Å². The van der Waals surface area contributed by atoms with Crippen molar-refractivity contribution >= 4 is 21.5 Å². The highest BCUT2D eigenvalue weighted by Gasteiger charge is 2.30. The Morgan fingerprint density at radius 2 is 1.77 bits per heavy atom. The number of anilines is 2. The number of sulfonamides is 1. The summed E-state index contributed by atoms with van der Waals surface area (Å²) in [6.45, 7) is 0. The topological polar surface area (TPSA) is 93.2 Å². The zero-order chi connectivity index (χ0) is 25.1. The number of nitrogens with zero attached hydrogens (tertiary/aromatic N) is 2. The molecule has 7 nitrogen and oxygen atoms in total. The SMILES string of the molecule is COc1ccccc1NS(=O)(=O)C1=CC(Nc2cc(-c3ccc(C(F)(F)F)cc3)ncn2)=CCC1. The van der Waals surface area contributed by atoms with Gasteiger partial charge in [-0.3, -0.25) is 4.72 Å². The predicted octanol–water partition coefficient (Wildman–Crippen LogP) is 5.59. The second-order valence-electron chi connectivity index (χ2n) is 7.60. The van der Waals surface area contributed by atoms with E-state index in [2.05, 4.69) is 20.0 Å². The molecule has 3 aromatic rings. The van der Waals surface area contributed by atoms with Gasteiger partial charge in [-0.1, -0.05) is 30.3 Å². The van der Waals surface area contributed by atoms with Crippen molar-refractivity contribution in [3.63, 3.8) is 0 Å². The highest BCUT2D eigenvalue weighted by molar-refractivity contribution is 7.96. The van der Waals surface area contributed by atoms with Crippen molar-refractivity contribution in [1.82, 2.24) is 9.97 Å². The number of allylic oxidation sites excluding steroid dienone is 3. The van der Waals surface area contributed by atoms with Gasteiger partial charge in [0.2, 0.25) is 0 Å². The fourth-order valence-corrected chi connectivity index (χ4v) is 4.73. The monoisotopic (exact) mass is 502 g/mol. The van der Waals surface area contributed by atoms with Gasteiger partial charge < -0.3 is 10.1 Å². The second kappa shape index (κ2) is 9.79. The van der Waals surface area contributed by atoms with Crippen molar-refractivity contribution in [1.29, 1.82) is 0 Å². The summed E-state index contributed by atoms with van der Waals surface area (Å²) >= 11 is 0. The van der Waals surface area contributed by atoms with Crippen LogP contribution in [0, 0.1) is 0 Å². The smallest absolute Gasteiger partial charge is 0.416 e. The first-order valence-electron chi connectivity index (χ1n) is 10.5. The number of nitrogens with one attached hydrogen (secondary N) is 2. The average molecular weight is 503 g/mol. The molecule has 0 unspecified atom stereocenters. The minimum absolute atomic E-state index is 0.186. The van der Waals surface area contributed by atoms with Crippen molar-refractivity contribution in [2.24, 2.45) is 0 Å². The summed E-state index contributed by atoms with van der Waals surface area (Å²) < 4.78 is 72.2. The van der Waals surface area contributed by atoms with Crippen molar-refractivity contribution in [3.05, 3.63) is 89.2 Å². The lowest BCUT2D eigenvalue weighted by molar-refractivity contribution is -0.137. The van der Waals surface area contributed by atoms with Gasteiger partial charge in [-0.2, -0.15) is 13.2 Å². The molecule has 0 radical (unpaired) electrons. The summed E-state index contributed by atoms with van der Waals surface area (Å²) in [6, 6.07) is 12.9. The second-order valence-corrected chi connectivity index (χ2v) is 9.34. The number of hydrogen-bond acceptors (Lipinski definition) is 6. The molecule has 2 N–H and O–H groups in total. The molecule has 35 heavy (non-hydrogen) atoms. The van der Waals surface area contributed by atoms with Gasteiger partial charge in [0.05, 0.1) is 29.0 Å². The zero-order valence-corrected chi connectivity index (χ0v) is 19.3. The number of benzene rings is 2. The van der Waals surface area contributed by atoms with E-state index in [1.165, 1.54) is 31.6 Å². The Labute approximate surface area is 200 Å². The third kappa shape index (κ3) is 5.80. The number of halogens is 3. The number of rotatable bonds is 7. The Morgan fingerprint density at radius 1 is 1.03 bits per heavy atom. The van der Waals surface area contributed by atoms with E-state index in [9.17, 15) is 21.6 Å². The van der Waals surface area contributed by atoms with Crippen LogP contribution in [0.25, 0.3) is 11.3 Å². The maximum atomic E-state index is 13.0. The number of aromatic nitrogens is 2. The van der Waals surface area contributed by atoms with Crippen LogP contribution >= 0.6 is 0 Å². The van der Waals surface area contributed by atoms with Crippen LogP contribution in [0.3, 0.4) is 0 Å². The Balaban J connectivity index is 1.52. The van der Waals surface area contributed by atoms with Crippen LogP contribution in [0.5, 0.6) is 5.75 Å². The standard InChI is InChI=1S/C24H21F3N4O3S/c1-34-22-8-3-2-7-20(22)31-35(32,33)19-6-4-5-18(13-19)30-23-14-21(28-15-29-23)16-9-11-17(12-10-16)24(25,26)27/h2-3,5,7-15,31H,4,6H2,1H3,(H,28,29,30). The molecule has 1 aliphatic carbocycles. The number of alkyl halides is 3. The highest BCUT2D eigenvalue weighted by Crippen LogP contribution is 2.32. The highest BCUT2D eigenvalue weighted by atomic mass is 32.2. The van der Waals surface area contributed by atoms with Gasteiger partial charge in [-0.15, -0.1) is 0 Å². The molecule has 1 heterocycles. The van der Waals surface area contributed by atoms with Crippen molar-refractivity contribution in [3.8, 4) is 17.0 Å². The van der Waals surface area contributed by atoms with E-state index in [1.807, 2.05) is 6.08 Å². The lowest BCUT2D eigenvalue weighted by Crippen LogP contribution is -2.18. The lowest BCUT2D eigenvalue weighted by atomic mass is 10.1. The van der Waals surface area contributed by atoms with Gasteiger partial charge in [-0.05, 0) is 43.2 Å². The molecule has 1 aliphatic rings. The average Bonchev–Trinajstić information content (AvgIpc) is 2.84. The van der Waals surface area contributed by atoms with Gasteiger partial charge in [0, 0.05) is 17.3 Å². The molecule has 182 valence electrons. The minimum atomic E-state index is -4.42. The first kappa shape index (κ1) is 24.3. The van der Waals surface area contributed by atoms with E-state index < -0.39 is 21.8 Å². The summed E-state index contributed by atoms with van der Waals surface area (Å²) in [4.78, 5) is 8.45. The van der Waals surface area contributed by atoms with E-state index in [0.29, 0.717) is 47.1 Å². The fourth-order valence-electron chi connectivity index (χ4n) is 3.47. The van der Waals surface area contributed by atoms with Crippen LogP contribution in [0.15, 0.2) is 83.7 Å². The number of methoxy groups -OCH3 is 1. The summed E-state index contributed by atoms with van der Waals surface area (Å²) in [7, 11) is -2.38. The molecule has 0 spiro atoms. The summed E-state index contributed by atoms with van der Waals surface area (Å²) in [5.74, 6) is 0.770. The molecular formula is C24H21F3N4O3S. The lowest BCUT2D eigenvalue weighted by Gasteiger charge is -2.17. The minimum Gasteiger partial charge on any atom is -0.495 e. The maximum Gasteiger partial charge on any atom is 0.416 e. The largest absolute Gasteiger partial charge is 0.495 e. The van der Waals surface area contributed by atoms with Gasteiger partial charge in [0.25, 0.3) is 10.0 Å². The molecule has 0 saturated heterocycles. The molecular weight excluding hydrogens is 481 g/mol. The van der Waals surface area contributed by atoms with Crippen LogP contribution < -0.4 is 14.8 Å². The Kier molecular flexibility index (Phi) is 6.79. The van der Waals surface area contributed by atoms with E-state index in [-0.39, 0.29) is 4.91 Å². The summed E-state index contributed by atoms with van der Waals surface area (Å²) in [5, 5.41) is 3.05. The van der Waals surface area contributed by atoms with E-state index >= 15 is 0 Å². The van der Waals surface area contributed by atoms with Crippen LogP contribution in [0.2, 0.25) is 0 Å². The molecule has 0 fully saturated rings. The van der Waals surface area contributed by atoms with Crippen LogP contribution in [-0.4, -0.2) is 25.5 Å². The molecule has 0 atom stereocenters. The van der Waals surface area contributed by atoms with Crippen molar-refractivity contribution in [2.45, 2.75) is 19.0 Å². The van der Waals surface area contributed by atoms with Crippen molar-refractivity contribution in [2.75, 3.05) is 17.1 Å². The maximum absolute atomic E-state index is 13.0. The van der Waals surface area contributed by atoms with Crippen LogP contribution in [-0.2, 0) is 16.2 Å². The van der Waals surface area contributed by atoms with Gasteiger partial charge in [0.1, 0.15) is 17.9 Å². The third-order valence-corrected chi connectivity index (χ3v) is 6.72. The summed E-state index contributed by atoms with van der Waals surface area (Å²) in [5.41, 5.74) is 1.01. The van der Waals surface area contributed by atoms with Gasteiger partial charge >= 0.3 is 6.18 Å². The zero-order valence-electron chi connectivity index (χ0n) is 18.5. The van der Waals surface area contributed by atoms with Crippen LogP contribution in [0.1, 0.15) is 18.4 Å². The van der Waals surface area contributed by atoms with E-state index in [4.69, 9.17) is 4.74 Å². The van der Waals surface area contributed by atoms with Gasteiger partial charge in [0.15, 0.2) is 0 Å². The van der Waals surface area contributed by atoms with Gasteiger partial charge in [-0.25, -0.2) is 18.4 Å². The van der Waals surface area contributed by atoms with Crippen molar-refractivity contribution < 1.29 is 26.3 Å². The Hall–Kier alpha value is -3.86. The molecule has 11 heteroatoms. The first-order valence-corrected chi connectivity index (χ1v) is 12.0. The predicted molar refractivity (Wildman–Crippen MR) is 127 cm³/mol. The molecule has 0 bridgehead atoms. The Bertz CT molecular complexity index is 1390. The number of para-hydroxylation sites is 2. The first-order chi connectivity index (χ1) is 16.7. The molecule has 0 saturated carbocycles. The third-order valence-electron chi connectivity index (χ3n) is 5.22. The molecule has 4 rings (SSSR count). The Morgan fingerprint density at radius 3 is 2.49 bits per heavy atom. The van der Waals surface area contributed by atoms with Crippen LogP contribution in [0.4, 0.5) is 24.7 Å².